The first kappa shape index (κ1) is 12.6. The molecule has 0 spiro atoms. The van der Waals surface area contributed by atoms with Crippen LogP contribution in [0.5, 0.6) is 0 Å². The van der Waals surface area contributed by atoms with Crippen LogP contribution in [0.4, 0.5) is 5.82 Å². The standard InChI is InChI=1S/C11H14ClN3OS/c1-7-14-9(12)8(5-16)10(15-7)13-6-11(17-2)3-4-11/h5H,3-4,6H2,1-2H3,(H,13,14,15). The van der Waals surface area contributed by atoms with Crippen molar-refractivity contribution < 1.29 is 4.79 Å². The Morgan fingerprint density at radius 3 is 2.76 bits per heavy atom. The zero-order valence-corrected chi connectivity index (χ0v) is 11.4. The van der Waals surface area contributed by atoms with Crippen LogP contribution >= 0.6 is 23.4 Å². The van der Waals surface area contributed by atoms with E-state index in [1.807, 2.05) is 11.8 Å². The number of hydrogen-bond donors (Lipinski definition) is 1. The molecule has 1 aliphatic carbocycles. The van der Waals surface area contributed by atoms with E-state index in [1.54, 1.807) is 6.92 Å². The number of carbonyl (C=O) groups excluding carboxylic acids is 1. The third kappa shape index (κ3) is 2.72. The number of aldehydes is 1. The third-order valence-corrected chi connectivity index (χ3v) is 4.65. The predicted molar refractivity (Wildman–Crippen MR) is 71.1 cm³/mol. The van der Waals surface area contributed by atoms with Gasteiger partial charge in [0.1, 0.15) is 16.8 Å². The van der Waals surface area contributed by atoms with Gasteiger partial charge in [-0.05, 0) is 26.0 Å². The number of carbonyl (C=O) groups is 1. The average molecular weight is 272 g/mol. The molecule has 0 amide bonds. The van der Waals surface area contributed by atoms with Gasteiger partial charge in [-0.15, -0.1) is 0 Å². The molecular weight excluding hydrogens is 258 g/mol. The van der Waals surface area contributed by atoms with Crippen molar-refractivity contribution in [2.75, 3.05) is 18.1 Å². The quantitative estimate of drug-likeness (QED) is 0.659. The van der Waals surface area contributed by atoms with E-state index in [0.717, 1.165) is 6.54 Å². The minimum atomic E-state index is 0.212. The van der Waals surface area contributed by atoms with Gasteiger partial charge in [-0.25, -0.2) is 9.97 Å². The van der Waals surface area contributed by atoms with Gasteiger partial charge in [-0.3, -0.25) is 4.79 Å². The van der Waals surface area contributed by atoms with Crippen LogP contribution in [0.2, 0.25) is 5.15 Å². The molecule has 6 heteroatoms. The number of nitrogens with zero attached hydrogens (tertiary/aromatic N) is 2. The molecule has 0 aromatic carbocycles. The Hall–Kier alpha value is -0.810. The first-order chi connectivity index (χ1) is 8.10. The first-order valence-corrected chi connectivity index (χ1v) is 6.99. The van der Waals surface area contributed by atoms with Gasteiger partial charge in [0.15, 0.2) is 6.29 Å². The molecule has 1 saturated carbocycles. The lowest BCUT2D eigenvalue weighted by atomic mass is 10.3. The summed E-state index contributed by atoms with van der Waals surface area (Å²) in [6.45, 7) is 2.56. The fraction of sp³-hybridized carbons (Fsp3) is 0.545. The summed E-state index contributed by atoms with van der Waals surface area (Å²) in [5.41, 5.74) is 0.342. The fourth-order valence-corrected chi connectivity index (χ4v) is 2.61. The minimum absolute atomic E-state index is 0.212. The van der Waals surface area contributed by atoms with Crippen molar-refractivity contribution in [3.8, 4) is 0 Å². The van der Waals surface area contributed by atoms with Gasteiger partial charge in [0, 0.05) is 11.3 Å². The average Bonchev–Trinajstić information content (AvgIpc) is 3.06. The Labute approximate surface area is 110 Å². The van der Waals surface area contributed by atoms with Gasteiger partial charge in [-0.2, -0.15) is 11.8 Å². The van der Waals surface area contributed by atoms with E-state index in [4.69, 9.17) is 11.6 Å². The summed E-state index contributed by atoms with van der Waals surface area (Å²) in [6.07, 6.45) is 5.21. The van der Waals surface area contributed by atoms with Crippen molar-refractivity contribution in [1.82, 2.24) is 9.97 Å². The van der Waals surface area contributed by atoms with Crippen molar-refractivity contribution >= 4 is 35.5 Å². The molecule has 1 aromatic heterocycles. The predicted octanol–water partition coefficient (Wildman–Crippen LogP) is 2.56. The number of aromatic nitrogens is 2. The SMILES string of the molecule is CSC1(CNc2nc(C)nc(Cl)c2C=O)CC1. The van der Waals surface area contributed by atoms with Crippen LogP contribution < -0.4 is 5.32 Å². The van der Waals surface area contributed by atoms with Crippen LogP contribution in [0.1, 0.15) is 29.0 Å². The molecule has 0 aliphatic heterocycles. The highest BCUT2D eigenvalue weighted by Crippen LogP contribution is 2.47. The number of anilines is 1. The molecule has 92 valence electrons. The number of aryl methyl sites for hydroxylation is 1. The van der Waals surface area contributed by atoms with E-state index >= 15 is 0 Å². The van der Waals surface area contributed by atoms with Gasteiger partial charge in [0.25, 0.3) is 0 Å². The lowest BCUT2D eigenvalue weighted by Gasteiger charge is -2.15. The summed E-state index contributed by atoms with van der Waals surface area (Å²) in [5, 5.41) is 3.42. The van der Waals surface area contributed by atoms with E-state index in [1.165, 1.54) is 12.8 Å². The van der Waals surface area contributed by atoms with Crippen LogP contribution in [0.15, 0.2) is 0 Å². The molecule has 1 N–H and O–H groups in total. The van der Waals surface area contributed by atoms with Crippen LogP contribution in [-0.4, -0.2) is 33.8 Å². The van der Waals surface area contributed by atoms with Crippen molar-refractivity contribution in [2.45, 2.75) is 24.5 Å². The highest BCUT2D eigenvalue weighted by atomic mass is 35.5. The second-order valence-corrected chi connectivity index (χ2v) is 5.81. The van der Waals surface area contributed by atoms with Crippen LogP contribution in [0, 0.1) is 6.92 Å². The Balaban J connectivity index is 2.17. The maximum Gasteiger partial charge on any atom is 0.156 e. The summed E-state index contributed by atoms with van der Waals surface area (Å²) in [7, 11) is 0. The first-order valence-electron chi connectivity index (χ1n) is 5.38. The van der Waals surface area contributed by atoms with Gasteiger partial charge in [0.2, 0.25) is 0 Å². The summed E-state index contributed by atoms with van der Waals surface area (Å²) >= 11 is 7.76. The number of hydrogen-bond acceptors (Lipinski definition) is 5. The van der Waals surface area contributed by atoms with Crippen molar-refractivity contribution in [3.05, 3.63) is 16.5 Å². The second kappa shape index (κ2) is 4.82. The molecule has 0 unspecified atom stereocenters. The second-order valence-electron chi connectivity index (χ2n) is 4.18. The maximum atomic E-state index is 11.0. The highest BCUT2D eigenvalue weighted by molar-refractivity contribution is 8.00. The summed E-state index contributed by atoms with van der Waals surface area (Å²) < 4.78 is 0.311. The van der Waals surface area contributed by atoms with E-state index < -0.39 is 0 Å². The molecule has 0 saturated heterocycles. The van der Waals surface area contributed by atoms with E-state index in [-0.39, 0.29) is 5.15 Å². The number of thioether (sulfide) groups is 1. The normalized spacial score (nSPS) is 16.6. The molecule has 0 bridgehead atoms. The molecule has 17 heavy (non-hydrogen) atoms. The summed E-state index contributed by atoms with van der Waals surface area (Å²) in [6, 6.07) is 0. The van der Waals surface area contributed by atoms with E-state index in [2.05, 4.69) is 21.5 Å². The summed E-state index contributed by atoms with van der Waals surface area (Å²) in [4.78, 5) is 19.1. The van der Waals surface area contributed by atoms with Gasteiger partial charge >= 0.3 is 0 Å². The number of nitrogens with one attached hydrogen (secondary N) is 1. The Kier molecular flexibility index (Phi) is 3.58. The topological polar surface area (TPSA) is 54.9 Å². The van der Waals surface area contributed by atoms with Gasteiger partial charge < -0.3 is 5.32 Å². The molecule has 1 aliphatic rings. The summed E-state index contributed by atoms with van der Waals surface area (Å²) in [5.74, 6) is 1.11. The van der Waals surface area contributed by atoms with E-state index in [0.29, 0.717) is 28.2 Å². The minimum Gasteiger partial charge on any atom is -0.368 e. The Morgan fingerprint density at radius 2 is 2.24 bits per heavy atom. The van der Waals surface area contributed by atoms with Gasteiger partial charge in [-0.1, -0.05) is 11.6 Å². The fourth-order valence-electron chi connectivity index (χ4n) is 1.62. The lowest BCUT2D eigenvalue weighted by molar-refractivity contribution is 0.112. The van der Waals surface area contributed by atoms with Gasteiger partial charge in [0.05, 0.1) is 5.56 Å². The lowest BCUT2D eigenvalue weighted by Crippen LogP contribution is -2.19. The van der Waals surface area contributed by atoms with Crippen molar-refractivity contribution in [2.24, 2.45) is 0 Å². The van der Waals surface area contributed by atoms with E-state index in [9.17, 15) is 4.79 Å². The molecule has 1 aromatic rings. The van der Waals surface area contributed by atoms with Crippen molar-refractivity contribution in [3.63, 3.8) is 0 Å². The molecule has 1 fully saturated rings. The zero-order chi connectivity index (χ0) is 12.5. The number of halogens is 1. The molecule has 4 nitrogen and oxygen atoms in total. The van der Waals surface area contributed by atoms with Crippen molar-refractivity contribution in [1.29, 1.82) is 0 Å². The maximum absolute atomic E-state index is 11.0. The molecule has 0 radical (unpaired) electrons. The molecular formula is C11H14ClN3OS. The third-order valence-electron chi connectivity index (χ3n) is 2.95. The largest absolute Gasteiger partial charge is 0.368 e. The monoisotopic (exact) mass is 271 g/mol. The Morgan fingerprint density at radius 1 is 1.53 bits per heavy atom. The zero-order valence-electron chi connectivity index (χ0n) is 9.79. The van der Waals surface area contributed by atoms with Crippen LogP contribution in [-0.2, 0) is 0 Å². The highest BCUT2D eigenvalue weighted by Gasteiger charge is 2.41. The number of rotatable bonds is 5. The smallest absolute Gasteiger partial charge is 0.156 e. The van der Waals surface area contributed by atoms with Crippen LogP contribution in [0.3, 0.4) is 0 Å². The van der Waals surface area contributed by atoms with Crippen LogP contribution in [0.25, 0.3) is 0 Å². The molecule has 0 atom stereocenters. The molecule has 2 rings (SSSR count). The Bertz CT molecular complexity index is 449. The molecule has 1 heterocycles.